The fourth-order valence-corrected chi connectivity index (χ4v) is 3.23. The van der Waals surface area contributed by atoms with Gasteiger partial charge in [0.1, 0.15) is 10.6 Å². The molecule has 0 unspecified atom stereocenters. The number of halogens is 3. The Kier molecular flexibility index (Phi) is 6.58. The van der Waals surface area contributed by atoms with Crippen molar-refractivity contribution in [2.45, 2.75) is 11.3 Å². The zero-order valence-electron chi connectivity index (χ0n) is 12.7. The molecule has 0 radical (unpaired) electrons. The van der Waals surface area contributed by atoms with Gasteiger partial charge in [0.15, 0.2) is 0 Å². The first-order valence-electron chi connectivity index (χ1n) is 6.37. The number of alkyl halides is 3. The predicted octanol–water partition coefficient (Wildman–Crippen LogP) is 0.260. The summed E-state index contributed by atoms with van der Waals surface area (Å²) in [5.41, 5.74) is 0. The minimum atomic E-state index is -5.05. The summed E-state index contributed by atoms with van der Waals surface area (Å²) in [4.78, 5) is -0.710. The molecule has 0 aliphatic carbocycles. The maximum Gasteiger partial charge on any atom is 0.573 e. The van der Waals surface area contributed by atoms with Crippen LogP contribution < -0.4 is 14.2 Å². The molecule has 0 amide bonds. The third kappa shape index (κ3) is 6.24. The van der Waals surface area contributed by atoms with Crippen molar-refractivity contribution in [2.24, 2.45) is 0 Å². The van der Waals surface area contributed by atoms with Gasteiger partial charge in [-0.15, -0.1) is 13.2 Å². The standard InChI is InChI=1S/C11H16F3N3O5S2/c1-17(2)24(20,21)16-8-7-15-23(18,19)10-6-4-3-5-9(10)22-11(12,13)14/h3-6,15-16H,7-8H2,1-2H3. The lowest BCUT2D eigenvalue weighted by Crippen LogP contribution is -2.40. The van der Waals surface area contributed by atoms with E-state index in [0.29, 0.717) is 0 Å². The first kappa shape index (κ1) is 20.6. The van der Waals surface area contributed by atoms with Crippen LogP contribution in [-0.4, -0.2) is 54.7 Å². The molecule has 0 saturated heterocycles. The fourth-order valence-electron chi connectivity index (χ4n) is 1.45. The van der Waals surface area contributed by atoms with Crippen LogP contribution in [0.25, 0.3) is 0 Å². The Balaban J connectivity index is 2.80. The first-order valence-corrected chi connectivity index (χ1v) is 9.29. The minimum absolute atomic E-state index is 0.290. The number of nitrogens with zero attached hydrogens (tertiary/aromatic N) is 1. The Hall–Kier alpha value is -1.41. The van der Waals surface area contributed by atoms with E-state index in [-0.39, 0.29) is 13.1 Å². The van der Waals surface area contributed by atoms with Gasteiger partial charge in [-0.05, 0) is 12.1 Å². The van der Waals surface area contributed by atoms with Crippen molar-refractivity contribution in [3.05, 3.63) is 24.3 Å². The highest BCUT2D eigenvalue weighted by atomic mass is 32.2. The second kappa shape index (κ2) is 7.65. The summed E-state index contributed by atoms with van der Waals surface area (Å²) in [5, 5.41) is 0. The van der Waals surface area contributed by atoms with Crippen LogP contribution in [0.3, 0.4) is 0 Å². The van der Waals surface area contributed by atoms with E-state index >= 15 is 0 Å². The normalized spacial score (nSPS) is 13.2. The van der Waals surface area contributed by atoms with Crippen LogP contribution in [0, 0.1) is 0 Å². The monoisotopic (exact) mass is 391 g/mol. The van der Waals surface area contributed by atoms with Crippen LogP contribution >= 0.6 is 0 Å². The van der Waals surface area contributed by atoms with Gasteiger partial charge in [-0.3, -0.25) is 0 Å². The van der Waals surface area contributed by atoms with Gasteiger partial charge >= 0.3 is 6.36 Å². The molecule has 24 heavy (non-hydrogen) atoms. The summed E-state index contributed by atoms with van der Waals surface area (Å²) in [7, 11) is -5.51. The molecule has 0 spiro atoms. The second-order valence-corrected chi connectivity index (χ2v) is 8.28. The number of rotatable bonds is 8. The molecular weight excluding hydrogens is 375 g/mol. The number of nitrogens with one attached hydrogen (secondary N) is 2. The molecule has 0 aromatic heterocycles. The lowest BCUT2D eigenvalue weighted by atomic mass is 10.3. The molecule has 8 nitrogen and oxygen atoms in total. The molecule has 0 fully saturated rings. The van der Waals surface area contributed by atoms with Gasteiger partial charge in [0.25, 0.3) is 10.2 Å². The number of hydrogen-bond acceptors (Lipinski definition) is 5. The molecule has 13 heteroatoms. The van der Waals surface area contributed by atoms with E-state index in [1.807, 2.05) is 4.72 Å². The van der Waals surface area contributed by atoms with Gasteiger partial charge in [0.05, 0.1) is 0 Å². The van der Waals surface area contributed by atoms with Crippen LogP contribution in [0.4, 0.5) is 13.2 Å². The summed E-state index contributed by atoms with van der Waals surface area (Å²) < 4.78 is 92.5. The molecule has 1 aromatic rings. The quantitative estimate of drug-likeness (QED) is 0.619. The van der Waals surface area contributed by atoms with Crippen molar-refractivity contribution in [1.29, 1.82) is 0 Å². The van der Waals surface area contributed by atoms with Crippen molar-refractivity contribution in [1.82, 2.24) is 13.7 Å². The smallest absolute Gasteiger partial charge is 0.404 e. The number of benzene rings is 1. The van der Waals surface area contributed by atoms with Crippen molar-refractivity contribution in [2.75, 3.05) is 27.2 Å². The Labute approximate surface area is 137 Å². The summed E-state index contributed by atoms with van der Waals surface area (Å²) in [5.74, 6) is -0.883. The molecular formula is C11H16F3N3O5S2. The van der Waals surface area contributed by atoms with Gasteiger partial charge < -0.3 is 4.74 Å². The predicted molar refractivity (Wildman–Crippen MR) is 78.9 cm³/mol. The third-order valence-corrected chi connectivity index (χ3v) is 5.58. The van der Waals surface area contributed by atoms with Crippen molar-refractivity contribution in [3.63, 3.8) is 0 Å². The lowest BCUT2D eigenvalue weighted by Gasteiger charge is -2.15. The largest absolute Gasteiger partial charge is 0.573 e. The number of hydrogen-bond donors (Lipinski definition) is 2. The molecule has 0 bridgehead atoms. The molecule has 0 saturated carbocycles. The number of ether oxygens (including phenoxy) is 1. The Morgan fingerprint density at radius 3 is 2.12 bits per heavy atom. The van der Waals surface area contributed by atoms with Crippen LogP contribution in [0.1, 0.15) is 0 Å². The van der Waals surface area contributed by atoms with E-state index in [1.165, 1.54) is 26.2 Å². The topological polar surface area (TPSA) is 105 Å². The molecule has 138 valence electrons. The van der Waals surface area contributed by atoms with E-state index in [0.717, 1.165) is 16.4 Å². The highest BCUT2D eigenvalue weighted by Crippen LogP contribution is 2.28. The maximum absolute atomic E-state index is 12.3. The molecule has 1 aromatic carbocycles. The summed E-state index contributed by atoms with van der Waals surface area (Å²) in [6, 6.07) is 4.21. The van der Waals surface area contributed by atoms with Gasteiger partial charge in [0, 0.05) is 27.2 Å². The van der Waals surface area contributed by atoms with E-state index in [9.17, 15) is 30.0 Å². The summed E-state index contributed by atoms with van der Waals surface area (Å²) in [6.45, 7) is -0.655. The lowest BCUT2D eigenvalue weighted by molar-refractivity contribution is -0.275. The van der Waals surface area contributed by atoms with Gasteiger partial charge in [-0.25, -0.2) is 17.9 Å². The Morgan fingerprint density at radius 1 is 1.04 bits per heavy atom. The van der Waals surface area contributed by atoms with Crippen molar-refractivity contribution < 1.29 is 34.7 Å². The number of para-hydroxylation sites is 1. The van der Waals surface area contributed by atoms with Crippen LogP contribution in [0.2, 0.25) is 0 Å². The van der Waals surface area contributed by atoms with Crippen LogP contribution in [0.5, 0.6) is 5.75 Å². The molecule has 2 N–H and O–H groups in total. The molecule has 0 aliphatic rings. The van der Waals surface area contributed by atoms with Crippen LogP contribution in [-0.2, 0) is 20.2 Å². The fraction of sp³-hybridized carbons (Fsp3) is 0.455. The van der Waals surface area contributed by atoms with E-state index in [2.05, 4.69) is 9.46 Å². The maximum atomic E-state index is 12.3. The summed E-state index contributed by atoms with van der Waals surface area (Å²) >= 11 is 0. The molecule has 0 atom stereocenters. The average Bonchev–Trinajstić information content (AvgIpc) is 2.42. The molecule has 0 aliphatic heterocycles. The molecule has 0 heterocycles. The second-order valence-electron chi connectivity index (χ2n) is 4.57. The summed E-state index contributed by atoms with van der Waals surface area (Å²) in [6.07, 6.45) is -5.05. The zero-order chi connectivity index (χ0) is 18.6. The van der Waals surface area contributed by atoms with E-state index in [4.69, 9.17) is 0 Å². The highest BCUT2D eigenvalue weighted by Gasteiger charge is 2.33. The van der Waals surface area contributed by atoms with Crippen LogP contribution in [0.15, 0.2) is 29.2 Å². The first-order chi connectivity index (χ1) is 10.9. The minimum Gasteiger partial charge on any atom is -0.404 e. The van der Waals surface area contributed by atoms with E-state index in [1.54, 1.807) is 0 Å². The molecule has 1 rings (SSSR count). The third-order valence-electron chi connectivity index (χ3n) is 2.55. The Morgan fingerprint density at radius 2 is 1.58 bits per heavy atom. The van der Waals surface area contributed by atoms with Gasteiger partial charge in [-0.1, -0.05) is 12.1 Å². The average molecular weight is 391 g/mol. The van der Waals surface area contributed by atoms with E-state index < -0.39 is 37.2 Å². The van der Waals surface area contributed by atoms with Gasteiger partial charge in [-0.2, -0.15) is 12.7 Å². The highest BCUT2D eigenvalue weighted by molar-refractivity contribution is 7.89. The van der Waals surface area contributed by atoms with Gasteiger partial charge in [0.2, 0.25) is 10.0 Å². The SMILES string of the molecule is CN(C)S(=O)(=O)NCCNS(=O)(=O)c1ccccc1OC(F)(F)F. The number of sulfonamides is 1. The van der Waals surface area contributed by atoms with Crippen molar-refractivity contribution in [3.8, 4) is 5.75 Å². The Bertz CT molecular complexity index is 763. The zero-order valence-corrected chi connectivity index (χ0v) is 14.3. The van der Waals surface area contributed by atoms with Crippen molar-refractivity contribution >= 4 is 20.2 Å².